The number of nitrogens with zero attached hydrogens (tertiary/aromatic N) is 4. The molecule has 1 saturated carbocycles. The van der Waals surface area contributed by atoms with Gasteiger partial charge in [-0.3, -0.25) is 4.72 Å². The lowest BCUT2D eigenvalue weighted by molar-refractivity contribution is 0.150. The number of hydrogen-bond donors (Lipinski definition) is 1. The van der Waals surface area contributed by atoms with E-state index < -0.39 is 6.43 Å². The second-order valence-corrected chi connectivity index (χ2v) is 8.16. The highest BCUT2D eigenvalue weighted by molar-refractivity contribution is 7.97. The zero-order valence-electron chi connectivity index (χ0n) is 12.5. The molecule has 0 amide bonds. The largest absolute Gasteiger partial charge is 0.291 e. The Morgan fingerprint density at radius 2 is 2.17 bits per heavy atom. The van der Waals surface area contributed by atoms with Crippen LogP contribution in [0.5, 0.6) is 0 Å². The van der Waals surface area contributed by atoms with E-state index >= 15 is 0 Å². The molecule has 0 saturated heterocycles. The highest BCUT2D eigenvalue weighted by Crippen LogP contribution is 2.39. The van der Waals surface area contributed by atoms with Crippen molar-refractivity contribution in [1.29, 1.82) is 0 Å². The Bertz CT molecular complexity index is 906. The Balaban J connectivity index is 1.71. The Morgan fingerprint density at radius 3 is 2.83 bits per heavy atom. The molecule has 4 rings (SSSR count). The van der Waals surface area contributed by atoms with Gasteiger partial charge in [-0.2, -0.15) is 5.10 Å². The van der Waals surface area contributed by atoms with Gasteiger partial charge in [0.25, 0.3) is 6.43 Å². The first-order valence-electron chi connectivity index (χ1n) is 7.18. The van der Waals surface area contributed by atoms with Gasteiger partial charge in [-0.05, 0) is 43.8 Å². The van der Waals surface area contributed by atoms with Gasteiger partial charge in [0.15, 0.2) is 5.01 Å². The number of rotatable bonds is 5. The van der Waals surface area contributed by atoms with Gasteiger partial charge < -0.3 is 0 Å². The van der Waals surface area contributed by atoms with Crippen LogP contribution in [-0.2, 0) is 0 Å². The summed E-state index contributed by atoms with van der Waals surface area (Å²) in [5.41, 5.74) is 0.891. The van der Waals surface area contributed by atoms with Gasteiger partial charge in [0.2, 0.25) is 5.13 Å². The van der Waals surface area contributed by atoms with Crippen molar-refractivity contribution >= 4 is 45.8 Å². The number of fused-ring (bicyclic) bond motifs is 1. The number of alkyl halides is 2. The summed E-state index contributed by atoms with van der Waals surface area (Å²) in [7, 11) is 0. The lowest BCUT2D eigenvalue weighted by Crippen LogP contribution is -2.19. The van der Waals surface area contributed by atoms with E-state index in [2.05, 4.69) is 26.9 Å². The molecule has 0 bridgehead atoms. The average molecular weight is 388 g/mol. The predicted molar refractivity (Wildman–Crippen MR) is 91.1 cm³/mol. The van der Waals surface area contributed by atoms with E-state index in [1.807, 2.05) is 12.1 Å². The lowest BCUT2D eigenvalue weighted by atomic mass is 10.2. The van der Waals surface area contributed by atoms with E-state index in [9.17, 15) is 8.78 Å². The second-order valence-electron chi connectivity index (χ2n) is 5.88. The van der Waals surface area contributed by atoms with Crippen LogP contribution in [0.1, 0.15) is 31.2 Å². The SMILES string of the molecule is CC1(NSc2cc(Cl)c3cnn(-c4nnc(C(F)F)s4)c3c2)CC1. The van der Waals surface area contributed by atoms with E-state index in [0.29, 0.717) is 15.7 Å². The molecule has 1 N–H and O–H groups in total. The van der Waals surface area contributed by atoms with Gasteiger partial charge in [0.1, 0.15) is 0 Å². The van der Waals surface area contributed by atoms with E-state index in [1.54, 1.807) is 6.20 Å². The average Bonchev–Trinajstić information content (AvgIpc) is 2.96. The number of aromatic nitrogens is 4. The molecule has 0 radical (unpaired) electrons. The molecule has 0 unspecified atom stereocenters. The Hall–Kier alpha value is -1.29. The van der Waals surface area contributed by atoms with Crippen LogP contribution in [0.4, 0.5) is 8.78 Å². The van der Waals surface area contributed by atoms with Gasteiger partial charge in [-0.15, -0.1) is 10.2 Å². The van der Waals surface area contributed by atoms with Gasteiger partial charge in [-0.1, -0.05) is 22.9 Å². The fourth-order valence-corrected chi connectivity index (χ4v) is 4.06. The van der Waals surface area contributed by atoms with Crippen LogP contribution >= 0.6 is 34.9 Å². The van der Waals surface area contributed by atoms with Crippen LogP contribution in [0.15, 0.2) is 23.2 Å². The van der Waals surface area contributed by atoms with Crippen LogP contribution in [0, 0.1) is 0 Å². The van der Waals surface area contributed by atoms with Crippen molar-refractivity contribution in [2.75, 3.05) is 0 Å². The van der Waals surface area contributed by atoms with Gasteiger partial charge in [0, 0.05) is 15.8 Å². The predicted octanol–water partition coefficient (Wildman–Crippen LogP) is 4.62. The minimum Gasteiger partial charge on any atom is -0.254 e. The zero-order chi connectivity index (χ0) is 16.9. The quantitative estimate of drug-likeness (QED) is 0.647. The summed E-state index contributed by atoms with van der Waals surface area (Å²) in [6.07, 6.45) is 1.26. The van der Waals surface area contributed by atoms with Crippen LogP contribution in [0.3, 0.4) is 0 Å². The minimum absolute atomic E-state index is 0.178. The number of nitrogens with one attached hydrogen (secondary N) is 1. The molecule has 0 atom stereocenters. The van der Waals surface area contributed by atoms with E-state index in [-0.39, 0.29) is 10.5 Å². The molecule has 0 aliphatic heterocycles. The maximum absolute atomic E-state index is 12.7. The Labute approximate surface area is 149 Å². The molecule has 126 valence electrons. The fourth-order valence-electron chi connectivity index (χ4n) is 2.14. The normalized spacial score (nSPS) is 16.2. The molecule has 10 heteroatoms. The maximum Gasteiger partial charge on any atom is 0.291 e. The molecule has 1 fully saturated rings. The fraction of sp³-hybridized carbons (Fsp3) is 0.357. The van der Waals surface area contributed by atoms with Crippen molar-refractivity contribution in [3.05, 3.63) is 28.4 Å². The molecule has 1 aliphatic carbocycles. The molecule has 5 nitrogen and oxygen atoms in total. The van der Waals surface area contributed by atoms with E-state index in [4.69, 9.17) is 11.6 Å². The standard InChI is InChI=1S/C14H12ClF2N5S2/c1-14(2-3-14)21-24-7-4-9(15)8-6-18-22(10(8)5-7)13-20-19-12(23-13)11(16)17/h4-6,11,21H,2-3H2,1H3. The van der Waals surface area contributed by atoms with Crippen molar-refractivity contribution in [2.45, 2.75) is 36.6 Å². The van der Waals surface area contributed by atoms with Gasteiger partial charge in [-0.25, -0.2) is 13.5 Å². The molecule has 1 aromatic carbocycles. The summed E-state index contributed by atoms with van der Waals surface area (Å²) in [6.45, 7) is 2.16. The summed E-state index contributed by atoms with van der Waals surface area (Å²) >= 11 is 8.66. The van der Waals surface area contributed by atoms with Crippen LogP contribution in [0.2, 0.25) is 5.02 Å². The van der Waals surface area contributed by atoms with Crippen molar-refractivity contribution < 1.29 is 8.78 Å². The van der Waals surface area contributed by atoms with Crippen LogP contribution in [-0.4, -0.2) is 25.5 Å². The van der Waals surface area contributed by atoms with E-state index in [0.717, 1.165) is 34.5 Å². The summed E-state index contributed by atoms with van der Waals surface area (Å²) in [4.78, 5) is 0.931. The summed E-state index contributed by atoms with van der Waals surface area (Å²) in [6, 6.07) is 3.78. The monoisotopic (exact) mass is 387 g/mol. The number of benzene rings is 1. The van der Waals surface area contributed by atoms with Crippen molar-refractivity contribution in [2.24, 2.45) is 0 Å². The van der Waals surface area contributed by atoms with Crippen molar-refractivity contribution in [3.8, 4) is 5.13 Å². The molecule has 1 aliphatic rings. The molecular weight excluding hydrogens is 376 g/mol. The van der Waals surface area contributed by atoms with Crippen molar-refractivity contribution in [1.82, 2.24) is 24.7 Å². The van der Waals surface area contributed by atoms with Gasteiger partial charge in [0.05, 0.1) is 16.7 Å². The van der Waals surface area contributed by atoms with Crippen molar-refractivity contribution in [3.63, 3.8) is 0 Å². The number of halogens is 3. The molecule has 0 spiro atoms. The highest BCUT2D eigenvalue weighted by atomic mass is 35.5. The zero-order valence-corrected chi connectivity index (χ0v) is 14.9. The van der Waals surface area contributed by atoms with Gasteiger partial charge >= 0.3 is 0 Å². The first-order chi connectivity index (χ1) is 11.5. The Kier molecular flexibility index (Phi) is 3.98. The van der Waals surface area contributed by atoms with Crippen LogP contribution < -0.4 is 4.72 Å². The second kappa shape index (κ2) is 5.91. The molecule has 2 aromatic heterocycles. The third kappa shape index (κ3) is 3.01. The summed E-state index contributed by atoms with van der Waals surface area (Å²) < 4.78 is 30.4. The third-order valence-corrected chi connectivity index (χ3v) is 6.11. The molecule has 3 aromatic rings. The molecule has 24 heavy (non-hydrogen) atoms. The number of hydrogen-bond acceptors (Lipinski definition) is 6. The first-order valence-corrected chi connectivity index (χ1v) is 9.19. The summed E-state index contributed by atoms with van der Waals surface area (Å²) in [5, 5.41) is 12.8. The third-order valence-electron chi connectivity index (χ3n) is 3.82. The van der Waals surface area contributed by atoms with Crippen LogP contribution in [0.25, 0.3) is 16.0 Å². The minimum atomic E-state index is -2.64. The maximum atomic E-state index is 12.7. The smallest absolute Gasteiger partial charge is 0.254 e. The molecular formula is C14H12ClF2N5S2. The molecule has 2 heterocycles. The lowest BCUT2D eigenvalue weighted by Gasteiger charge is -2.10. The highest BCUT2D eigenvalue weighted by Gasteiger charge is 2.37. The first kappa shape index (κ1) is 16.2. The topological polar surface area (TPSA) is 55.6 Å². The summed E-state index contributed by atoms with van der Waals surface area (Å²) in [5.74, 6) is 0. The van der Waals surface area contributed by atoms with E-state index in [1.165, 1.54) is 16.6 Å². The Morgan fingerprint density at radius 1 is 1.38 bits per heavy atom.